The number of ether oxygens (including phenoxy) is 1. The van der Waals surface area contributed by atoms with E-state index in [1.165, 1.54) is 0 Å². The quantitative estimate of drug-likeness (QED) is 0.398. The normalized spacial score (nSPS) is 13.5. The van der Waals surface area contributed by atoms with Crippen molar-refractivity contribution in [2.75, 3.05) is 6.61 Å². The summed E-state index contributed by atoms with van der Waals surface area (Å²) >= 11 is 2.31. The summed E-state index contributed by atoms with van der Waals surface area (Å²) in [6.45, 7) is 2.00. The lowest BCUT2D eigenvalue weighted by atomic mass is 9.93. The number of H-pyrrole nitrogens is 1. The van der Waals surface area contributed by atoms with E-state index in [4.69, 9.17) is 4.74 Å². The molecule has 4 aromatic rings. The van der Waals surface area contributed by atoms with Crippen LogP contribution < -0.4 is 3.98 Å². The Morgan fingerprint density at radius 3 is 2.28 bits per heavy atom. The van der Waals surface area contributed by atoms with E-state index in [9.17, 15) is 14.4 Å². The molecule has 0 saturated carbocycles. The lowest BCUT2D eigenvalue weighted by Crippen LogP contribution is -2.25. The Morgan fingerprint density at radius 2 is 1.62 bits per heavy atom. The molecule has 1 N–H and O–H groups in total. The van der Waals surface area contributed by atoms with Gasteiger partial charge in [0, 0.05) is 34.6 Å². The number of hydrogen-bond acceptors (Lipinski definition) is 7. The van der Waals surface area contributed by atoms with Gasteiger partial charge < -0.3 is 9.72 Å². The minimum absolute atomic E-state index is 0.179. The number of nitrogens with zero attached hydrogens (tertiary/aromatic N) is 1. The zero-order chi connectivity index (χ0) is 22.2. The van der Waals surface area contributed by atoms with Crippen molar-refractivity contribution in [3.05, 3.63) is 85.2 Å². The van der Waals surface area contributed by atoms with E-state index in [1.807, 2.05) is 30.5 Å². The lowest BCUT2D eigenvalue weighted by molar-refractivity contribution is -0.144. The maximum atomic E-state index is 12.9. The maximum absolute atomic E-state index is 12.9. The summed E-state index contributed by atoms with van der Waals surface area (Å²) in [7, 11) is 0. The summed E-state index contributed by atoms with van der Waals surface area (Å²) in [5.74, 6) is -0.790. The fraction of sp³-hybridized carbons (Fsp3) is 0.167. The molecule has 6 nitrogen and oxygen atoms in total. The van der Waals surface area contributed by atoms with Crippen molar-refractivity contribution in [1.29, 1.82) is 0 Å². The van der Waals surface area contributed by atoms with Crippen LogP contribution in [0.2, 0.25) is 0 Å². The zero-order valence-corrected chi connectivity index (χ0v) is 18.7. The molecule has 2 heterocycles. The summed E-state index contributed by atoms with van der Waals surface area (Å²) in [5, 5.41) is 1.02. The number of aromatic amines is 1. The second kappa shape index (κ2) is 8.29. The number of benzene rings is 2. The van der Waals surface area contributed by atoms with E-state index in [0.29, 0.717) is 31.3 Å². The largest absolute Gasteiger partial charge is 0.464 e. The van der Waals surface area contributed by atoms with Crippen molar-refractivity contribution in [3.8, 4) is 0 Å². The Bertz CT molecular complexity index is 1390. The standard InChI is InChI=1S/C24H18N2O4S2/c1-2-30-23(29)18(11-13-12-25-17-10-6-5-7-14(13)17)26-24-31-21-19(27)15-8-3-4-9-16(15)20(28)22(21)32-24/h3-10,12,18,25H,2,11H2,1H3. The minimum Gasteiger partial charge on any atom is -0.464 e. The van der Waals surface area contributed by atoms with E-state index >= 15 is 0 Å². The highest BCUT2D eigenvalue weighted by Crippen LogP contribution is 2.31. The summed E-state index contributed by atoms with van der Waals surface area (Å²) in [5.41, 5.74) is 2.75. The van der Waals surface area contributed by atoms with Gasteiger partial charge in [-0.05, 0) is 18.6 Å². The van der Waals surface area contributed by atoms with Gasteiger partial charge in [-0.2, -0.15) is 0 Å². The molecule has 0 amide bonds. The Labute approximate surface area is 191 Å². The molecular formula is C24H18N2O4S2. The molecule has 2 aromatic carbocycles. The van der Waals surface area contributed by atoms with Crippen molar-refractivity contribution >= 4 is 51.1 Å². The van der Waals surface area contributed by atoms with Crippen molar-refractivity contribution in [2.45, 2.75) is 19.4 Å². The molecule has 1 aliphatic carbocycles. The number of ketones is 2. The van der Waals surface area contributed by atoms with Gasteiger partial charge in [0.15, 0.2) is 10.0 Å². The van der Waals surface area contributed by atoms with Crippen molar-refractivity contribution in [2.24, 2.45) is 4.99 Å². The predicted molar refractivity (Wildman–Crippen MR) is 123 cm³/mol. The monoisotopic (exact) mass is 462 g/mol. The van der Waals surface area contributed by atoms with Gasteiger partial charge in [0.05, 0.1) is 16.4 Å². The fourth-order valence-electron chi connectivity index (χ4n) is 3.82. The van der Waals surface area contributed by atoms with Crippen LogP contribution in [-0.4, -0.2) is 35.2 Å². The summed E-state index contributed by atoms with van der Waals surface area (Å²) in [6, 6.07) is 13.9. The molecule has 0 spiro atoms. The van der Waals surface area contributed by atoms with E-state index in [0.717, 1.165) is 39.1 Å². The van der Waals surface area contributed by atoms with Crippen LogP contribution in [-0.2, 0) is 16.0 Å². The molecule has 0 radical (unpaired) electrons. The molecule has 0 fully saturated rings. The van der Waals surface area contributed by atoms with Gasteiger partial charge >= 0.3 is 5.97 Å². The number of carbonyl (C=O) groups is 3. The highest BCUT2D eigenvalue weighted by atomic mass is 32.2. The number of rotatable bonds is 5. The van der Waals surface area contributed by atoms with Gasteiger partial charge in [-0.3, -0.25) is 9.59 Å². The molecule has 2 aromatic heterocycles. The molecule has 1 atom stereocenters. The first kappa shape index (κ1) is 20.5. The second-order valence-electron chi connectivity index (χ2n) is 7.29. The van der Waals surface area contributed by atoms with Gasteiger partial charge in [0.1, 0.15) is 0 Å². The minimum atomic E-state index is -0.780. The third-order valence-corrected chi connectivity index (χ3v) is 7.70. The van der Waals surface area contributed by atoms with Crippen LogP contribution in [0.5, 0.6) is 0 Å². The number of para-hydroxylation sites is 1. The Kier molecular flexibility index (Phi) is 5.32. The molecule has 8 heteroatoms. The number of esters is 1. The summed E-state index contributed by atoms with van der Waals surface area (Å²) in [6.07, 6.45) is 2.22. The van der Waals surface area contributed by atoms with Gasteiger partial charge in [-0.1, -0.05) is 42.5 Å². The smallest absolute Gasteiger partial charge is 0.331 e. The van der Waals surface area contributed by atoms with Crippen LogP contribution in [0.3, 0.4) is 0 Å². The highest BCUT2D eigenvalue weighted by molar-refractivity contribution is 7.30. The third kappa shape index (κ3) is 3.51. The first-order valence-corrected chi connectivity index (χ1v) is 11.8. The SMILES string of the molecule is CCOC(=O)C(Cc1c[nH]c2ccccc12)N=c1sc2c(s1)C(=O)c1ccccc1C2=O. The van der Waals surface area contributed by atoms with Crippen LogP contribution >= 0.6 is 22.7 Å². The fourth-order valence-corrected chi connectivity index (χ4v) is 6.22. The number of hydrogen-bond donors (Lipinski definition) is 1. The van der Waals surface area contributed by atoms with Crippen molar-refractivity contribution < 1.29 is 19.1 Å². The van der Waals surface area contributed by atoms with Gasteiger partial charge in [0.2, 0.25) is 11.6 Å². The Morgan fingerprint density at radius 1 is 1.00 bits per heavy atom. The number of carbonyl (C=O) groups excluding carboxylic acids is 3. The van der Waals surface area contributed by atoms with Crippen LogP contribution in [0.4, 0.5) is 0 Å². The summed E-state index contributed by atoms with van der Waals surface area (Å²) in [4.78, 5) is 47.2. The molecule has 5 rings (SSSR count). The van der Waals surface area contributed by atoms with Gasteiger partial charge in [-0.15, -0.1) is 22.7 Å². The zero-order valence-electron chi connectivity index (χ0n) is 17.1. The van der Waals surface area contributed by atoms with E-state index in [-0.39, 0.29) is 18.2 Å². The van der Waals surface area contributed by atoms with Crippen LogP contribution in [0.1, 0.15) is 43.0 Å². The first-order chi connectivity index (χ1) is 15.6. The van der Waals surface area contributed by atoms with Crippen molar-refractivity contribution in [1.82, 2.24) is 4.98 Å². The lowest BCUT2D eigenvalue weighted by Gasteiger charge is -2.12. The average Bonchev–Trinajstić information content (AvgIpc) is 3.42. The number of aromatic nitrogens is 1. The van der Waals surface area contributed by atoms with Gasteiger partial charge in [0.25, 0.3) is 0 Å². The topological polar surface area (TPSA) is 88.6 Å². The Balaban J connectivity index is 1.55. The second-order valence-corrected chi connectivity index (χ2v) is 9.55. The average molecular weight is 463 g/mol. The third-order valence-electron chi connectivity index (χ3n) is 5.32. The first-order valence-electron chi connectivity index (χ1n) is 10.1. The molecule has 0 bridgehead atoms. The molecule has 1 aliphatic rings. The molecule has 160 valence electrons. The number of fused-ring (bicyclic) bond motifs is 3. The molecule has 0 aliphatic heterocycles. The Hall–Kier alpha value is -3.36. The van der Waals surface area contributed by atoms with E-state index in [1.54, 1.807) is 31.2 Å². The highest BCUT2D eigenvalue weighted by Gasteiger charge is 2.32. The number of nitrogens with one attached hydrogen (secondary N) is 1. The van der Waals surface area contributed by atoms with Crippen molar-refractivity contribution in [3.63, 3.8) is 0 Å². The van der Waals surface area contributed by atoms with Crippen LogP contribution in [0.15, 0.2) is 59.7 Å². The predicted octanol–water partition coefficient (Wildman–Crippen LogP) is 4.14. The summed E-state index contributed by atoms with van der Waals surface area (Å²) < 4.78 is 5.77. The van der Waals surface area contributed by atoms with Crippen LogP contribution in [0, 0.1) is 0 Å². The van der Waals surface area contributed by atoms with Crippen LogP contribution in [0.25, 0.3) is 10.9 Å². The van der Waals surface area contributed by atoms with Gasteiger partial charge in [-0.25, -0.2) is 9.79 Å². The molecule has 32 heavy (non-hydrogen) atoms. The molecule has 1 unspecified atom stereocenters. The maximum Gasteiger partial charge on any atom is 0.331 e. The van der Waals surface area contributed by atoms with E-state index < -0.39 is 12.0 Å². The molecule has 0 saturated heterocycles. The molecular weight excluding hydrogens is 444 g/mol. The van der Waals surface area contributed by atoms with E-state index in [2.05, 4.69) is 9.98 Å².